The second-order valence-electron chi connectivity index (χ2n) is 5.34. The molecule has 1 aliphatic carbocycles. The molecule has 2 heterocycles. The predicted molar refractivity (Wildman–Crippen MR) is 84.0 cm³/mol. The van der Waals surface area contributed by atoms with Crippen LogP contribution >= 0.6 is 22.9 Å². The zero-order valence-corrected chi connectivity index (χ0v) is 13.0. The van der Waals surface area contributed by atoms with E-state index in [4.69, 9.17) is 11.6 Å². The number of aliphatic hydroxyl groups excluding tert-OH is 1. The van der Waals surface area contributed by atoms with Crippen LogP contribution in [0.1, 0.15) is 29.6 Å². The van der Waals surface area contributed by atoms with Gasteiger partial charge in [-0.15, -0.1) is 11.3 Å². The molecule has 2 aromatic heterocycles. The zero-order valence-electron chi connectivity index (χ0n) is 11.5. The molecule has 5 nitrogen and oxygen atoms in total. The SMILES string of the molecule is Cc1nc(N[C@@H](c2cccs2)C2CC(O)C2)c(Cl)c(=O)[nH]1. The molecule has 0 unspecified atom stereocenters. The third-order valence-corrected chi connectivity index (χ3v) is 5.05. The van der Waals surface area contributed by atoms with E-state index in [9.17, 15) is 9.90 Å². The number of hydrogen-bond acceptors (Lipinski definition) is 5. The highest BCUT2D eigenvalue weighted by Crippen LogP contribution is 2.41. The molecule has 21 heavy (non-hydrogen) atoms. The molecule has 0 aliphatic heterocycles. The molecule has 1 aliphatic rings. The van der Waals surface area contributed by atoms with E-state index in [1.165, 1.54) is 0 Å². The Hall–Kier alpha value is -1.37. The van der Waals surface area contributed by atoms with E-state index in [1.54, 1.807) is 18.3 Å². The number of nitrogens with one attached hydrogen (secondary N) is 2. The summed E-state index contributed by atoms with van der Waals surface area (Å²) in [5, 5.41) is 14.9. The van der Waals surface area contributed by atoms with Crippen molar-refractivity contribution in [2.45, 2.75) is 31.9 Å². The van der Waals surface area contributed by atoms with E-state index in [1.807, 2.05) is 17.5 Å². The molecule has 0 aromatic carbocycles. The van der Waals surface area contributed by atoms with Gasteiger partial charge in [-0.05, 0) is 37.1 Å². The van der Waals surface area contributed by atoms with Gasteiger partial charge in [-0.2, -0.15) is 0 Å². The molecular weight excluding hydrogens is 310 g/mol. The molecule has 1 fully saturated rings. The molecule has 3 rings (SSSR count). The second kappa shape index (κ2) is 5.79. The van der Waals surface area contributed by atoms with Crippen molar-refractivity contribution < 1.29 is 5.11 Å². The number of rotatable bonds is 4. The number of halogens is 1. The Morgan fingerprint density at radius 3 is 2.95 bits per heavy atom. The number of anilines is 1. The Bertz CT molecular complexity index is 680. The fraction of sp³-hybridized carbons (Fsp3) is 0.429. The van der Waals surface area contributed by atoms with Crippen LogP contribution in [-0.2, 0) is 0 Å². The first-order chi connectivity index (χ1) is 10.0. The topological polar surface area (TPSA) is 78.0 Å². The number of aromatic amines is 1. The molecule has 1 atom stereocenters. The van der Waals surface area contributed by atoms with Crippen molar-refractivity contribution >= 4 is 28.8 Å². The van der Waals surface area contributed by atoms with Crippen LogP contribution in [0.2, 0.25) is 5.02 Å². The largest absolute Gasteiger partial charge is 0.393 e. The number of aromatic nitrogens is 2. The van der Waals surface area contributed by atoms with Crippen LogP contribution in [0.25, 0.3) is 0 Å². The molecule has 2 aromatic rings. The first kappa shape index (κ1) is 14.6. The zero-order chi connectivity index (χ0) is 15.0. The maximum absolute atomic E-state index is 11.7. The molecule has 0 saturated heterocycles. The highest BCUT2D eigenvalue weighted by atomic mass is 35.5. The summed E-state index contributed by atoms with van der Waals surface area (Å²) in [6.07, 6.45) is 1.26. The summed E-state index contributed by atoms with van der Waals surface area (Å²) in [4.78, 5) is 19.7. The van der Waals surface area contributed by atoms with Crippen molar-refractivity contribution in [2.24, 2.45) is 5.92 Å². The minimum absolute atomic E-state index is 0.0135. The van der Waals surface area contributed by atoms with Gasteiger partial charge in [0.25, 0.3) is 5.56 Å². The van der Waals surface area contributed by atoms with Crippen LogP contribution in [0, 0.1) is 12.8 Å². The summed E-state index contributed by atoms with van der Waals surface area (Å²) in [6.45, 7) is 1.72. The van der Waals surface area contributed by atoms with Gasteiger partial charge in [0.1, 0.15) is 10.8 Å². The average molecular weight is 326 g/mol. The van der Waals surface area contributed by atoms with Gasteiger partial charge in [-0.1, -0.05) is 17.7 Å². The standard InChI is InChI=1S/C14H16ClN3O2S/c1-7-16-13(11(15)14(20)17-7)18-12(8-5-9(19)6-8)10-3-2-4-21-10/h2-4,8-9,12,19H,5-6H2,1H3,(H2,16,17,18,20)/t8?,9?,12-/m1/s1. The molecular formula is C14H16ClN3O2S. The summed E-state index contributed by atoms with van der Waals surface area (Å²) >= 11 is 7.69. The minimum atomic E-state index is -0.342. The molecule has 1 saturated carbocycles. The minimum Gasteiger partial charge on any atom is -0.393 e. The maximum atomic E-state index is 11.7. The van der Waals surface area contributed by atoms with E-state index < -0.39 is 0 Å². The van der Waals surface area contributed by atoms with E-state index >= 15 is 0 Å². The van der Waals surface area contributed by atoms with Crippen LogP contribution < -0.4 is 10.9 Å². The lowest BCUT2D eigenvalue weighted by Gasteiger charge is -2.38. The van der Waals surface area contributed by atoms with Crippen molar-refractivity contribution in [3.8, 4) is 0 Å². The quantitative estimate of drug-likeness (QED) is 0.807. The lowest BCUT2D eigenvalue weighted by Crippen LogP contribution is -2.36. The van der Waals surface area contributed by atoms with Gasteiger partial charge in [0.15, 0.2) is 5.82 Å². The molecule has 0 bridgehead atoms. The summed E-state index contributed by atoms with van der Waals surface area (Å²) in [7, 11) is 0. The molecule has 3 N–H and O–H groups in total. The summed E-state index contributed by atoms with van der Waals surface area (Å²) in [6, 6.07) is 4.04. The van der Waals surface area contributed by atoms with Gasteiger partial charge in [0, 0.05) is 4.88 Å². The van der Waals surface area contributed by atoms with Gasteiger partial charge >= 0.3 is 0 Å². The van der Waals surface area contributed by atoms with Gasteiger partial charge < -0.3 is 15.4 Å². The number of thiophene rings is 1. The van der Waals surface area contributed by atoms with E-state index in [2.05, 4.69) is 15.3 Å². The van der Waals surface area contributed by atoms with Gasteiger partial charge in [0.2, 0.25) is 0 Å². The third kappa shape index (κ3) is 2.97. The summed E-state index contributed by atoms with van der Waals surface area (Å²) < 4.78 is 0. The van der Waals surface area contributed by atoms with Crippen LogP contribution in [0.15, 0.2) is 22.3 Å². The molecule has 0 amide bonds. The molecule has 0 radical (unpaired) electrons. The van der Waals surface area contributed by atoms with Crippen LogP contribution in [-0.4, -0.2) is 21.2 Å². The number of aryl methyl sites for hydroxylation is 1. The molecule has 112 valence electrons. The third-order valence-electron chi connectivity index (χ3n) is 3.74. The van der Waals surface area contributed by atoms with Crippen molar-refractivity contribution in [3.63, 3.8) is 0 Å². The Morgan fingerprint density at radius 2 is 2.33 bits per heavy atom. The summed E-state index contributed by atoms with van der Waals surface area (Å²) in [5.41, 5.74) is -0.342. The van der Waals surface area contributed by atoms with Crippen molar-refractivity contribution in [3.05, 3.63) is 43.6 Å². The van der Waals surface area contributed by atoms with E-state index in [0.717, 1.165) is 17.7 Å². The van der Waals surface area contributed by atoms with Crippen molar-refractivity contribution in [1.82, 2.24) is 9.97 Å². The Balaban J connectivity index is 1.90. The van der Waals surface area contributed by atoms with Crippen LogP contribution in [0.3, 0.4) is 0 Å². The Morgan fingerprint density at radius 1 is 1.57 bits per heavy atom. The van der Waals surface area contributed by atoms with Gasteiger partial charge in [0.05, 0.1) is 12.1 Å². The van der Waals surface area contributed by atoms with Gasteiger partial charge in [-0.25, -0.2) is 4.98 Å². The Labute approximate surface area is 131 Å². The summed E-state index contributed by atoms with van der Waals surface area (Å²) in [5.74, 6) is 1.24. The van der Waals surface area contributed by atoms with E-state index in [0.29, 0.717) is 17.6 Å². The fourth-order valence-electron chi connectivity index (χ4n) is 2.61. The monoisotopic (exact) mass is 325 g/mol. The van der Waals surface area contributed by atoms with Crippen molar-refractivity contribution in [2.75, 3.05) is 5.32 Å². The molecule has 7 heteroatoms. The predicted octanol–water partition coefficient (Wildman–Crippen LogP) is 2.72. The van der Waals surface area contributed by atoms with Crippen LogP contribution in [0.5, 0.6) is 0 Å². The number of H-pyrrole nitrogens is 1. The first-order valence-electron chi connectivity index (χ1n) is 6.79. The highest BCUT2D eigenvalue weighted by molar-refractivity contribution is 7.10. The fourth-order valence-corrected chi connectivity index (χ4v) is 3.62. The van der Waals surface area contributed by atoms with E-state index in [-0.39, 0.29) is 22.7 Å². The normalized spacial score (nSPS) is 22.6. The number of aliphatic hydroxyl groups is 1. The average Bonchev–Trinajstić information content (AvgIpc) is 2.92. The maximum Gasteiger partial charge on any atom is 0.271 e. The number of nitrogens with zero attached hydrogens (tertiary/aromatic N) is 1. The number of hydrogen-bond donors (Lipinski definition) is 3. The van der Waals surface area contributed by atoms with Gasteiger partial charge in [-0.3, -0.25) is 4.79 Å². The van der Waals surface area contributed by atoms with Crippen molar-refractivity contribution in [1.29, 1.82) is 0 Å². The smallest absolute Gasteiger partial charge is 0.271 e. The highest BCUT2D eigenvalue weighted by Gasteiger charge is 2.35. The molecule has 0 spiro atoms. The lowest BCUT2D eigenvalue weighted by atomic mass is 9.77. The first-order valence-corrected chi connectivity index (χ1v) is 8.04. The second-order valence-corrected chi connectivity index (χ2v) is 6.69. The lowest BCUT2D eigenvalue weighted by molar-refractivity contribution is 0.0344. The Kier molecular flexibility index (Phi) is 4.01. The van der Waals surface area contributed by atoms with Crippen LogP contribution in [0.4, 0.5) is 5.82 Å².